The number of ether oxygens (including phenoxy) is 1. The van der Waals surface area contributed by atoms with Crippen LogP contribution in [0.25, 0.3) is 0 Å². The first-order chi connectivity index (χ1) is 8.09. The monoisotopic (exact) mass is 236 g/mol. The average molecular weight is 236 g/mol. The van der Waals surface area contributed by atoms with Gasteiger partial charge in [0.05, 0.1) is 13.2 Å². The Labute approximate surface area is 100 Å². The van der Waals surface area contributed by atoms with Crippen LogP contribution >= 0.6 is 0 Å². The van der Waals surface area contributed by atoms with Crippen LogP contribution in [-0.2, 0) is 4.74 Å². The number of aromatic carboxylic acids is 1. The van der Waals surface area contributed by atoms with Crippen molar-refractivity contribution in [2.24, 2.45) is 0 Å². The molecule has 0 atom stereocenters. The smallest absolute Gasteiger partial charge is 0.354 e. The number of hydrogen-bond acceptors (Lipinski definition) is 4. The summed E-state index contributed by atoms with van der Waals surface area (Å²) in [5, 5.41) is 11.7. The molecule has 92 valence electrons. The van der Waals surface area contributed by atoms with Crippen molar-refractivity contribution < 1.29 is 14.6 Å². The van der Waals surface area contributed by atoms with Gasteiger partial charge in [-0.25, -0.2) is 9.78 Å². The van der Waals surface area contributed by atoms with E-state index in [1.807, 2.05) is 6.92 Å². The zero-order valence-electron chi connectivity index (χ0n) is 9.77. The summed E-state index contributed by atoms with van der Waals surface area (Å²) in [5.41, 5.74) is 0.994. The van der Waals surface area contributed by atoms with Gasteiger partial charge in [0, 0.05) is 6.54 Å². The second-order valence-electron chi connectivity index (χ2n) is 3.65. The second kappa shape index (κ2) is 6.65. The number of hydrogen-bond donors (Lipinski definition) is 2. The molecule has 1 aromatic rings. The van der Waals surface area contributed by atoms with Crippen LogP contribution in [0.1, 0.15) is 17.4 Å². The highest BCUT2D eigenvalue weighted by atomic mass is 16.5. The van der Waals surface area contributed by atoms with Gasteiger partial charge in [0.2, 0.25) is 0 Å². The van der Waals surface area contributed by atoms with E-state index in [0.717, 1.165) is 5.57 Å². The Morgan fingerprint density at radius 3 is 3.00 bits per heavy atom. The number of pyridine rings is 1. The van der Waals surface area contributed by atoms with Gasteiger partial charge in [-0.05, 0) is 19.1 Å². The summed E-state index contributed by atoms with van der Waals surface area (Å²) < 4.78 is 5.29. The van der Waals surface area contributed by atoms with Crippen molar-refractivity contribution in [3.63, 3.8) is 0 Å². The molecule has 17 heavy (non-hydrogen) atoms. The van der Waals surface area contributed by atoms with E-state index in [-0.39, 0.29) is 5.69 Å². The van der Waals surface area contributed by atoms with Gasteiger partial charge >= 0.3 is 5.97 Å². The molecule has 0 saturated heterocycles. The standard InChI is InChI=1S/C12H16N2O3/c1-9(2)8-17-7-6-13-11-5-3-4-10(14-11)12(15)16/h3-5H,1,6-8H2,2H3,(H,13,14)(H,15,16). The summed E-state index contributed by atoms with van der Waals surface area (Å²) in [6, 6.07) is 4.81. The highest BCUT2D eigenvalue weighted by Gasteiger charge is 2.04. The molecule has 0 bridgehead atoms. The molecular formula is C12H16N2O3. The minimum atomic E-state index is -1.04. The largest absolute Gasteiger partial charge is 0.477 e. The predicted molar refractivity (Wildman–Crippen MR) is 65.3 cm³/mol. The van der Waals surface area contributed by atoms with Crippen molar-refractivity contribution in [2.75, 3.05) is 25.1 Å². The van der Waals surface area contributed by atoms with E-state index in [1.165, 1.54) is 6.07 Å². The first-order valence-electron chi connectivity index (χ1n) is 5.26. The van der Waals surface area contributed by atoms with E-state index in [1.54, 1.807) is 12.1 Å². The molecule has 2 N–H and O–H groups in total. The predicted octanol–water partition coefficient (Wildman–Crippen LogP) is 1.78. The van der Waals surface area contributed by atoms with Crippen LogP contribution in [0.15, 0.2) is 30.4 Å². The fourth-order valence-corrected chi connectivity index (χ4v) is 1.15. The van der Waals surface area contributed by atoms with Crippen LogP contribution in [0.2, 0.25) is 0 Å². The Kier molecular flexibility index (Phi) is 5.16. The van der Waals surface area contributed by atoms with E-state index >= 15 is 0 Å². The van der Waals surface area contributed by atoms with Crippen molar-refractivity contribution in [1.82, 2.24) is 4.98 Å². The molecule has 0 radical (unpaired) electrons. The Hall–Kier alpha value is -1.88. The summed E-state index contributed by atoms with van der Waals surface area (Å²) in [5.74, 6) is -0.504. The maximum Gasteiger partial charge on any atom is 0.354 e. The van der Waals surface area contributed by atoms with Gasteiger partial charge in [-0.2, -0.15) is 0 Å². The average Bonchev–Trinajstić information content (AvgIpc) is 2.28. The maximum absolute atomic E-state index is 10.7. The van der Waals surface area contributed by atoms with Gasteiger partial charge in [0.25, 0.3) is 0 Å². The van der Waals surface area contributed by atoms with Crippen molar-refractivity contribution in [3.8, 4) is 0 Å². The van der Waals surface area contributed by atoms with E-state index < -0.39 is 5.97 Å². The Morgan fingerprint density at radius 1 is 1.59 bits per heavy atom. The first kappa shape index (κ1) is 13.2. The second-order valence-corrected chi connectivity index (χ2v) is 3.65. The molecule has 0 saturated carbocycles. The van der Waals surface area contributed by atoms with E-state index in [9.17, 15) is 4.79 Å². The van der Waals surface area contributed by atoms with Gasteiger partial charge in [0.15, 0.2) is 5.69 Å². The van der Waals surface area contributed by atoms with Crippen LogP contribution in [-0.4, -0.2) is 35.8 Å². The molecular weight excluding hydrogens is 220 g/mol. The molecule has 0 aromatic carbocycles. The summed E-state index contributed by atoms with van der Waals surface area (Å²) >= 11 is 0. The minimum Gasteiger partial charge on any atom is -0.477 e. The maximum atomic E-state index is 10.7. The van der Waals surface area contributed by atoms with Gasteiger partial charge in [-0.1, -0.05) is 18.2 Å². The van der Waals surface area contributed by atoms with Crippen LogP contribution in [0, 0.1) is 0 Å². The topological polar surface area (TPSA) is 71.5 Å². The lowest BCUT2D eigenvalue weighted by Gasteiger charge is -2.07. The van der Waals surface area contributed by atoms with Gasteiger partial charge < -0.3 is 15.2 Å². The minimum absolute atomic E-state index is 0.0258. The molecule has 5 heteroatoms. The third kappa shape index (κ3) is 5.12. The quantitative estimate of drug-likeness (QED) is 0.557. The van der Waals surface area contributed by atoms with Gasteiger partial charge in [0.1, 0.15) is 5.82 Å². The number of rotatable bonds is 7. The zero-order chi connectivity index (χ0) is 12.7. The van der Waals surface area contributed by atoms with Crippen LogP contribution < -0.4 is 5.32 Å². The Bertz CT molecular complexity index is 404. The van der Waals surface area contributed by atoms with Crippen molar-refractivity contribution >= 4 is 11.8 Å². The number of carbonyl (C=O) groups is 1. The lowest BCUT2D eigenvalue weighted by molar-refractivity contribution is 0.0690. The number of nitrogens with zero attached hydrogens (tertiary/aromatic N) is 1. The SMILES string of the molecule is C=C(C)COCCNc1cccc(C(=O)O)n1. The fraction of sp³-hybridized carbons (Fsp3) is 0.333. The highest BCUT2D eigenvalue weighted by molar-refractivity contribution is 5.85. The Morgan fingerprint density at radius 2 is 2.35 bits per heavy atom. The molecule has 0 unspecified atom stereocenters. The highest BCUT2D eigenvalue weighted by Crippen LogP contribution is 2.04. The third-order valence-corrected chi connectivity index (χ3v) is 1.87. The number of nitrogens with one attached hydrogen (secondary N) is 1. The van der Waals surface area contributed by atoms with Crippen LogP contribution in [0.4, 0.5) is 5.82 Å². The molecule has 1 aromatic heterocycles. The number of carboxylic acid groups (broad SMARTS) is 1. The van der Waals surface area contributed by atoms with Gasteiger partial charge in [-0.3, -0.25) is 0 Å². The van der Waals surface area contributed by atoms with E-state index in [2.05, 4.69) is 16.9 Å². The summed E-state index contributed by atoms with van der Waals surface area (Å²) in [7, 11) is 0. The summed E-state index contributed by atoms with van der Waals surface area (Å²) in [6.45, 7) is 7.24. The van der Waals surface area contributed by atoms with E-state index in [4.69, 9.17) is 9.84 Å². The third-order valence-electron chi connectivity index (χ3n) is 1.87. The number of anilines is 1. The molecule has 0 aliphatic rings. The Balaban J connectivity index is 2.34. The molecule has 1 rings (SSSR count). The molecule has 0 aliphatic heterocycles. The summed E-state index contributed by atoms with van der Waals surface area (Å²) in [6.07, 6.45) is 0. The lowest BCUT2D eigenvalue weighted by atomic mass is 10.3. The molecule has 0 amide bonds. The van der Waals surface area contributed by atoms with E-state index in [0.29, 0.717) is 25.6 Å². The molecule has 5 nitrogen and oxygen atoms in total. The first-order valence-corrected chi connectivity index (χ1v) is 5.26. The molecule has 0 spiro atoms. The molecule has 1 heterocycles. The van der Waals surface area contributed by atoms with Crippen molar-refractivity contribution in [1.29, 1.82) is 0 Å². The van der Waals surface area contributed by atoms with Crippen molar-refractivity contribution in [3.05, 3.63) is 36.0 Å². The van der Waals surface area contributed by atoms with Crippen molar-refractivity contribution in [2.45, 2.75) is 6.92 Å². The normalized spacial score (nSPS) is 9.94. The zero-order valence-corrected chi connectivity index (χ0v) is 9.77. The number of aromatic nitrogens is 1. The summed E-state index contributed by atoms with van der Waals surface area (Å²) in [4.78, 5) is 14.6. The fourth-order valence-electron chi connectivity index (χ4n) is 1.15. The lowest BCUT2D eigenvalue weighted by Crippen LogP contribution is -2.12. The molecule has 0 fully saturated rings. The van der Waals surface area contributed by atoms with Crippen LogP contribution in [0.3, 0.4) is 0 Å². The van der Waals surface area contributed by atoms with Crippen LogP contribution in [0.5, 0.6) is 0 Å². The van der Waals surface area contributed by atoms with Gasteiger partial charge in [-0.15, -0.1) is 0 Å². The molecule has 0 aliphatic carbocycles. The number of carboxylic acids is 1.